The first-order chi connectivity index (χ1) is 5.68. The topological polar surface area (TPSA) is 48.6 Å². The molecule has 0 atom stereocenters. The molecule has 0 amide bonds. The minimum absolute atomic E-state index is 0.175. The van der Waals surface area contributed by atoms with Gasteiger partial charge in [-0.3, -0.25) is 15.0 Å². The zero-order valence-corrected chi connectivity index (χ0v) is 8.73. The highest BCUT2D eigenvalue weighted by Gasteiger charge is 2.05. The maximum Gasteiger partial charge on any atom is 0.273 e. The van der Waals surface area contributed by atoms with Crippen molar-refractivity contribution in [2.24, 2.45) is 0 Å². The predicted octanol–water partition coefficient (Wildman–Crippen LogP) is 2.11. The molecule has 0 saturated carbocycles. The lowest BCUT2D eigenvalue weighted by Crippen LogP contribution is -1.97. The van der Waals surface area contributed by atoms with Gasteiger partial charge < -0.3 is 0 Å². The van der Waals surface area contributed by atoms with Crippen LogP contribution in [0.3, 0.4) is 0 Å². The number of aromatic nitrogens is 2. The van der Waals surface area contributed by atoms with E-state index in [2.05, 4.69) is 32.8 Å². The van der Waals surface area contributed by atoms with Gasteiger partial charge in [-0.05, 0) is 34.7 Å². The Morgan fingerprint density at radius 1 is 1.33 bits per heavy atom. The molecule has 0 fully saturated rings. The van der Waals surface area contributed by atoms with Gasteiger partial charge in [-0.1, -0.05) is 11.6 Å². The lowest BCUT2D eigenvalue weighted by Gasteiger charge is -1.92. The first kappa shape index (κ1) is 8.12. The van der Waals surface area contributed by atoms with Gasteiger partial charge in [-0.15, -0.1) is 0 Å². The average molecular weight is 294 g/mol. The summed E-state index contributed by atoms with van der Waals surface area (Å²) in [7, 11) is 0. The quantitative estimate of drug-likeness (QED) is 0.718. The Morgan fingerprint density at radius 3 is 2.83 bits per heavy atom. The zero-order chi connectivity index (χ0) is 8.72. The number of benzene rings is 1. The van der Waals surface area contributed by atoms with Gasteiger partial charge in [0, 0.05) is 3.57 Å². The summed E-state index contributed by atoms with van der Waals surface area (Å²) in [6.07, 6.45) is 0. The molecule has 1 aromatic carbocycles. The summed E-state index contributed by atoms with van der Waals surface area (Å²) in [5, 5.41) is 6.23. The van der Waals surface area contributed by atoms with Gasteiger partial charge >= 0.3 is 0 Å². The van der Waals surface area contributed by atoms with Gasteiger partial charge in [-0.25, -0.2) is 0 Å². The first-order valence-electron chi connectivity index (χ1n) is 3.24. The molecule has 0 spiro atoms. The minimum atomic E-state index is -0.175. The third-order valence-electron chi connectivity index (χ3n) is 1.59. The molecule has 0 radical (unpaired) electrons. The number of nitrogens with one attached hydrogen (secondary N) is 2. The largest absolute Gasteiger partial charge is 0.297 e. The van der Waals surface area contributed by atoms with Gasteiger partial charge in [0.2, 0.25) is 0 Å². The van der Waals surface area contributed by atoms with Crippen molar-refractivity contribution in [2.75, 3.05) is 0 Å². The van der Waals surface area contributed by atoms with Gasteiger partial charge in [0.25, 0.3) is 5.56 Å². The molecule has 1 heterocycles. The van der Waals surface area contributed by atoms with Crippen molar-refractivity contribution in [1.29, 1.82) is 0 Å². The Bertz CT molecular complexity index is 488. The van der Waals surface area contributed by atoms with Crippen molar-refractivity contribution in [2.45, 2.75) is 0 Å². The SMILES string of the molecule is O=c1[nH][nH]c2cc(I)cc(Cl)c12. The summed E-state index contributed by atoms with van der Waals surface area (Å²) in [4.78, 5) is 11.1. The van der Waals surface area contributed by atoms with Crippen molar-refractivity contribution < 1.29 is 0 Å². The summed E-state index contributed by atoms with van der Waals surface area (Å²) in [6.45, 7) is 0. The Balaban J connectivity index is 3.03. The summed E-state index contributed by atoms with van der Waals surface area (Å²) < 4.78 is 1.00. The third-order valence-corrected chi connectivity index (χ3v) is 2.51. The van der Waals surface area contributed by atoms with Crippen LogP contribution in [-0.2, 0) is 0 Å². The molecule has 0 aliphatic heterocycles. The number of aromatic amines is 2. The second kappa shape index (κ2) is 2.77. The van der Waals surface area contributed by atoms with Crippen LogP contribution < -0.4 is 5.56 Å². The predicted molar refractivity (Wildman–Crippen MR) is 56.6 cm³/mol. The first-order valence-corrected chi connectivity index (χ1v) is 4.69. The second-order valence-corrected chi connectivity index (χ2v) is 4.04. The van der Waals surface area contributed by atoms with Crippen LogP contribution in [0.2, 0.25) is 5.02 Å². The lowest BCUT2D eigenvalue weighted by molar-refractivity contribution is 1.08. The average Bonchev–Trinajstić information content (AvgIpc) is 2.31. The number of hydrogen-bond acceptors (Lipinski definition) is 1. The Morgan fingerprint density at radius 2 is 2.08 bits per heavy atom. The van der Waals surface area contributed by atoms with E-state index < -0.39 is 0 Å². The van der Waals surface area contributed by atoms with Crippen LogP contribution in [-0.4, -0.2) is 10.2 Å². The van der Waals surface area contributed by atoms with E-state index >= 15 is 0 Å². The van der Waals surface area contributed by atoms with Crippen molar-refractivity contribution in [1.82, 2.24) is 10.2 Å². The zero-order valence-electron chi connectivity index (χ0n) is 5.82. The molecule has 3 nitrogen and oxygen atoms in total. The van der Waals surface area contributed by atoms with Gasteiger partial charge in [0.1, 0.15) is 0 Å². The van der Waals surface area contributed by atoms with Crippen molar-refractivity contribution in [3.8, 4) is 0 Å². The maximum absolute atomic E-state index is 11.1. The Kier molecular flexibility index (Phi) is 1.88. The monoisotopic (exact) mass is 294 g/mol. The maximum atomic E-state index is 11.1. The molecule has 5 heteroatoms. The van der Waals surface area contributed by atoms with Crippen molar-refractivity contribution >= 4 is 45.1 Å². The fourth-order valence-corrected chi connectivity index (χ4v) is 2.20. The molecule has 0 aliphatic carbocycles. The number of fused-ring (bicyclic) bond motifs is 1. The summed E-state index contributed by atoms with van der Waals surface area (Å²) in [5.41, 5.74) is 0.573. The Hall–Kier alpha value is -0.490. The van der Waals surface area contributed by atoms with E-state index in [4.69, 9.17) is 11.6 Å². The van der Waals surface area contributed by atoms with Crippen LogP contribution >= 0.6 is 34.2 Å². The van der Waals surface area contributed by atoms with Gasteiger partial charge in [0.15, 0.2) is 0 Å². The van der Waals surface area contributed by atoms with E-state index in [9.17, 15) is 4.79 Å². The van der Waals surface area contributed by atoms with Gasteiger partial charge in [0.05, 0.1) is 15.9 Å². The Labute approximate surface area is 86.2 Å². The van der Waals surface area contributed by atoms with E-state index in [-0.39, 0.29) is 5.56 Å². The van der Waals surface area contributed by atoms with Crippen molar-refractivity contribution in [3.63, 3.8) is 0 Å². The number of H-pyrrole nitrogens is 2. The smallest absolute Gasteiger partial charge is 0.273 e. The lowest BCUT2D eigenvalue weighted by atomic mass is 10.2. The normalized spacial score (nSPS) is 10.8. The highest BCUT2D eigenvalue weighted by atomic mass is 127. The minimum Gasteiger partial charge on any atom is -0.297 e. The molecule has 2 aromatic rings. The van der Waals surface area contributed by atoms with E-state index in [0.29, 0.717) is 10.4 Å². The summed E-state index contributed by atoms with van der Waals surface area (Å²) in [6, 6.07) is 3.62. The molecule has 0 saturated heterocycles. The van der Waals surface area contributed by atoms with Crippen LogP contribution in [0.4, 0.5) is 0 Å². The van der Waals surface area contributed by atoms with Crippen LogP contribution in [0.1, 0.15) is 0 Å². The molecular weight excluding hydrogens is 290 g/mol. The van der Waals surface area contributed by atoms with Crippen LogP contribution in [0, 0.1) is 3.57 Å². The number of halogens is 2. The molecule has 0 unspecified atom stereocenters. The van der Waals surface area contributed by atoms with Crippen molar-refractivity contribution in [3.05, 3.63) is 31.1 Å². The van der Waals surface area contributed by atoms with Crippen LogP contribution in [0.5, 0.6) is 0 Å². The van der Waals surface area contributed by atoms with E-state index in [1.807, 2.05) is 6.07 Å². The molecule has 62 valence electrons. The standard InChI is InChI=1S/C7H4ClIN2O/c8-4-1-3(9)2-5-6(4)7(12)11-10-5/h1-2H,(H2,10,11,12). The third kappa shape index (κ3) is 1.15. The molecule has 12 heavy (non-hydrogen) atoms. The molecule has 1 aromatic heterocycles. The van der Waals surface area contributed by atoms with Crippen LogP contribution in [0.15, 0.2) is 16.9 Å². The number of hydrogen-bond donors (Lipinski definition) is 2. The molecule has 0 aliphatic rings. The molecule has 2 N–H and O–H groups in total. The highest BCUT2D eigenvalue weighted by molar-refractivity contribution is 14.1. The number of rotatable bonds is 0. The van der Waals surface area contributed by atoms with Crippen LogP contribution in [0.25, 0.3) is 10.9 Å². The fourth-order valence-electron chi connectivity index (χ4n) is 1.09. The van der Waals surface area contributed by atoms with E-state index in [1.165, 1.54) is 0 Å². The molecule has 0 bridgehead atoms. The molecule has 2 rings (SSSR count). The highest BCUT2D eigenvalue weighted by Crippen LogP contribution is 2.21. The van der Waals surface area contributed by atoms with Gasteiger partial charge in [-0.2, -0.15) is 0 Å². The summed E-state index contributed by atoms with van der Waals surface area (Å²) >= 11 is 8.01. The van der Waals surface area contributed by atoms with E-state index in [0.717, 1.165) is 9.09 Å². The fraction of sp³-hybridized carbons (Fsp3) is 0. The second-order valence-electron chi connectivity index (χ2n) is 2.39. The van der Waals surface area contributed by atoms with E-state index in [1.54, 1.807) is 6.07 Å². The summed E-state index contributed by atoms with van der Waals surface area (Å²) in [5.74, 6) is 0. The molecular formula is C7H4ClIN2O.